The van der Waals surface area contributed by atoms with Gasteiger partial charge in [-0.3, -0.25) is 4.98 Å². The number of nitrogens with one attached hydrogen (secondary N) is 1. The number of thiocarbonyl (C=S) groups is 1. The molecule has 1 aromatic carbocycles. The molecule has 0 aliphatic heterocycles. The standard InChI is InChI=1S/C20H27N3OS/c1-15-9-7-10-16(2)19(15)22-20(25)23(13-8-14-24-4)17(3)18-11-5-6-12-21-18/h5-7,9-12,17H,8,13-14H2,1-4H3,(H,22,25)/t17-/m0/s1. The average molecular weight is 358 g/mol. The summed E-state index contributed by atoms with van der Waals surface area (Å²) in [6.45, 7) is 7.83. The predicted octanol–water partition coefficient (Wildman–Crippen LogP) is 4.49. The molecule has 25 heavy (non-hydrogen) atoms. The maximum atomic E-state index is 5.75. The highest BCUT2D eigenvalue weighted by atomic mass is 32.1. The molecule has 0 spiro atoms. The first-order valence-corrected chi connectivity index (χ1v) is 8.99. The van der Waals surface area contributed by atoms with E-state index < -0.39 is 0 Å². The summed E-state index contributed by atoms with van der Waals surface area (Å²) >= 11 is 5.75. The third kappa shape index (κ3) is 5.25. The fraction of sp³-hybridized carbons (Fsp3) is 0.400. The average Bonchev–Trinajstić information content (AvgIpc) is 2.62. The number of aromatic nitrogens is 1. The number of hydrogen-bond acceptors (Lipinski definition) is 3. The molecule has 4 nitrogen and oxygen atoms in total. The molecule has 0 radical (unpaired) electrons. The molecule has 0 bridgehead atoms. The number of ether oxygens (including phenoxy) is 1. The van der Waals surface area contributed by atoms with E-state index in [1.807, 2.05) is 24.4 Å². The lowest BCUT2D eigenvalue weighted by Crippen LogP contribution is -2.38. The molecule has 1 N–H and O–H groups in total. The molecule has 5 heteroatoms. The van der Waals surface area contributed by atoms with E-state index >= 15 is 0 Å². The molecular weight excluding hydrogens is 330 g/mol. The van der Waals surface area contributed by atoms with Crippen molar-refractivity contribution in [1.29, 1.82) is 0 Å². The van der Waals surface area contributed by atoms with Crippen molar-refractivity contribution in [1.82, 2.24) is 9.88 Å². The van der Waals surface area contributed by atoms with Gasteiger partial charge in [-0.2, -0.15) is 0 Å². The Balaban J connectivity index is 2.20. The maximum Gasteiger partial charge on any atom is 0.173 e. The van der Waals surface area contributed by atoms with Crippen LogP contribution in [0.2, 0.25) is 0 Å². The number of methoxy groups -OCH3 is 1. The molecule has 1 heterocycles. The quantitative estimate of drug-likeness (QED) is 0.583. The van der Waals surface area contributed by atoms with Crippen LogP contribution in [0.1, 0.15) is 36.2 Å². The smallest absolute Gasteiger partial charge is 0.173 e. The number of aryl methyl sites for hydroxylation is 2. The molecule has 1 atom stereocenters. The molecule has 0 aliphatic carbocycles. The Kier molecular flexibility index (Phi) is 7.34. The fourth-order valence-corrected chi connectivity index (χ4v) is 3.17. The lowest BCUT2D eigenvalue weighted by molar-refractivity contribution is 0.181. The molecule has 2 aromatic rings. The number of hydrogen-bond donors (Lipinski definition) is 1. The van der Waals surface area contributed by atoms with Crippen molar-refractivity contribution in [2.75, 3.05) is 25.6 Å². The van der Waals surface area contributed by atoms with Gasteiger partial charge < -0.3 is 15.0 Å². The minimum absolute atomic E-state index is 0.0855. The zero-order valence-corrected chi connectivity index (χ0v) is 16.3. The molecule has 1 aromatic heterocycles. The van der Waals surface area contributed by atoms with E-state index in [1.165, 1.54) is 11.1 Å². The summed E-state index contributed by atoms with van der Waals surface area (Å²) in [5.74, 6) is 0. The Morgan fingerprint density at radius 1 is 1.20 bits per heavy atom. The number of benzene rings is 1. The second kappa shape index (κ2) is 9.49. The summed E-state index contributed by atoms with van der Waals surface area (Å²) in [5.41, 5.74) is 4.46. The topological polar surface area (TPSA) is 37.4 Å². The SMILES string of the molecule is COCCCN(C(=S)Nc1c(C)cccc1C)[C@@H](C)c1ccccn1. The van der Waals surface area contributed by atoms with Crippen LogP contribution in [0.4, 0.5) is 5.69 Å². The van der Waals surface area contributed by atoms with E-state index in [0.29, 0.717) is 11.7 Å². The molecule has 0 fully saturated rings. The van der Waals surface area contributed by atoms with Crippen molar-refractivity contribution in [3.63, 3.8) is 0 Å². The maximum absolute atomic E-state index is 5.75. The van der Waals surface area contributed by atoms with Crippen LogP contribution in [0.25, 0.3) is 0 Å². The molecule has 134 valence electrons. The van der Waals surface area contributed by atoms with E-state index in [1.54, 1.807) is 7.11 Å². The molecule has 0 amide bonds. The molecule has 0 unspecified atom stereocenters. The number of pyridine rings is 1. The van der Waals surface area contributed by atoms with Gasteiger partial charge in [0.05, 0.1) is 11.7 Å². The van der Waals surface area contributed by atoms with Crippen molar-refractivity contribution in [2.45, 2.75) is 33.2 Å². The number of rotatable bonds is 7. The second-order valence-electron chi connectivity index (χ2n) is 6.17. The minimum atomic E-state index is 0.0855. The largest absolute Gasteiger partial charge is 0.385 e. The highest BCUT2D eigenvalue weighted by Gasteiger charge is 2.20. The van der Waals surface area contributed by atoms with Crippen LogP contribution >= 0.6 is 12.2 Å². The lowest BCUT2D eigenvalue weighted by atomic mass is 10.1. The predicted molar refractivity (Wildman–Crippen MR) is 108 cm³/mol. The third-order valence-electron chi connectivity index (χ3n) is 4.30. The van der Waals surface area contributed by atoms with Gasteiger partial charge in [0, 0.05) is 32.1 Å². The van der Waals surface area contributed by atoms with Crippen LogP contribution in [-0.4, -0.2) is 35.3 Å². The van der Waals surface area contributed by atoms with E-state index in [-0.39, 0.29) is 6.04 Å². The number of para-hydroxylation sites is 1. The van der Waals surface area contributed by atoms with E-state index in [4.69, 9.17) is 17.0 Å². The van der Waals surface area contributed by atoms with Crippen LogP contribution in [0.3, 0.4) is 0 Å². The Bertz CT molecular complexity index is 670. The number of nitrogens with zero attached hydrogens (tertiary/aromatic N) is 2. The normalized spacial score (nSPS) is 11.8. The highest BCUT2D eigenvalue weighted by molar-refractivity contribution is 7.80. The summed E-state index contributed by atoms with van der Waals surface area (Å²) < 4.78 is 5.21. The molecule has 0 saturated carbocycles. The van der Waals surface area contributed by atoms with Crippen molar-refractivity contribution in [3.05, 3.63) is 59.4 Å². The van der Waals surface area contributed by atoms with Crippen LogP contribution < -0.4 is 5.32 Å². The first kappa shape index (κ1) is 19.3. The zero-order chi connectivity index (χ0) is 18.2. The van der Waals surface area contributed by atoms with Crippen molar-refractivity contribution in [2.24, 2.45) is 0 Å². The fourth-order valence-electron chi connectivity index (χ4n) is 2.82. The second-order valence-corrected chi connectivity index (χ2v) is 6.55. The highest BCUT2D eigenvalue weighted by Crippen LogP contribution is 2.23. The lowest BCUT2D eigenvalue weighted by Gasteiger charge is -2.32. The van der Waals surface area contributed by atoms with Gasteiger partial charge in [-0.1, -0.05) is 24.3 Å². The summed E-state index contributed by atoms with van der Waals surface area (Å²) in [6.07, 6.45) is 2.73. The Hall–Kier alpha value is -1.98. The van der Waals surface area contributed by atoms with Crippen molar-refractivity contribution < 1.29 is 4.74 Å². The van der Waals surface area contributed by atoms with Crippen LogP contribution in [0, 0.1) is 13.8 Å². The van der Waals surface area contributed by atoms with Crippen molar-refractivity contribution in [3.8, 4) is 0 Å². The van der Waals surface area contributed by atoms with Crippen LogP contribution in [-0.2, 0) is 4.74 Å². The van der Waals surface area contributed by atoms with E-state index in [0.717, 1.165) is 24.3 Å². The minimum Gasteiger partial charge on any atom is -0.385 e. The molecule has 0 saturated heterocycles. The summed E-state index contributed by atoms with van der Waals surface area (Å²) in [6, 6.07) is 12.3. The molecule has 2 rings (SSSR count). The van der Waals surface area contributed by atoms with Gasteiger partial charge in [0.2, 0.25) is 0 Å². The van der Waals surface area contributed by atoms with E-state index in [2.05, 4.69) is 54.2 Å². The third-order valence-corrected chi connectivity index (χ3v) is 4.64. The first-order valence-electron chi connectivity index (χ1n) is 8.58. The number of anilines is 1. The van der Waals surface area contributed by atoms with Gasteiger partial charge in [-0.05, 0) is 62.7 Å². The van der Waals surface area contributed by atoms with Gasteiger partial charge in [0.25, 0.3) is 0 Å². The summed E-state index contributed by atoms with van der Waals surface area (Å²) in [4.78, 5) is 6.68. The zero-order valence-electron chi connectivity index (χ0n) is 15.5. The van der Waals surface area contributed by atoms with Gasteiger partial charge in [-0.25, -0.2) is 0 Å². The van der Waals surface area contributed by atoms with Crippen molar-refractivity contribution >= 4 is 23.0 Å². The monoisotopic (exact) mass is 357 g/mol. The van der Waals surface area contributed by atoms with Crippen LogP contribution in [0.15, 0.2) is 42.6 Å². The first-order chi connectivity index (χ1) is 12.0. The molecule has 0 aliphatic rings. The summed E-state index contributed by atoms with van der Waals surface area (Å²) in [5, 5.41) is 4.16. The van der Waals surface area contributed by atoms with Crippen LogP contribution in [0.5, 0.6) is 0 Å². The van der Waals surface area contributed by atoms with Gasteiger partial charge >= 0.3 is 0 Å². The Morgan fingerprint density at radius 2 is 1.92 bits per heavy atom. The Labute approximate surface area is 156 Å². The van der Waals surface area contributed by atoms with Gasteiger partial charge in [0.15, 0.2) is 5.11 Å². The molecular formula is C20H27N3OS. The van der Waals surface area contributed by atoms with Gasteiger partial charge in [0.1, 0.15) is 0 Å². The van der Waals surface area contributed by atoms with Gasteiger partial charge in [-0.15, -0.1) is 0 Å². The summed E-state index contributed by atoms with van der Waals surface area (Å²) in [7, 11) is 1.72. The Morgan fingerprint density at radius 3 is 2.52 bits per heavy atom. The van der Waals surface area contributed by atoms with E-state index in [9.17, 15) is 0 Å².